The SMILES string of the molecule is C=C(C)[C@@H]1CCC(C)=C[C@H]1c1c(O)cc(CCCCC)cc1OC(=O)OCCCBr.O=C(O)CCCCBr.[2H]C[B]. The highest BCUT2D eigenvalue weighted by atomic mass is 79.9. The first kappa shape index (κ1) is 36.3. The van der Waals surface area contributed by atoms with E-state index in [1.54, 1.807) is 0 Å². The summed E-state index contributed by atoms with van der Waals surface area (Å²) >= 11 is 6.53. The molecule has 1 aromatic carbocycles. The molecule has 0 heterocycles. The number of allylic oxidation sites excluding steroid dienone is 3. The molecule has 0 fully saturated rings. The van der Waals surface area contributed by atoms with Crippen LogP contribution in [0.2, 0.25) is 6.80 Å². The predicted octanol–water partition coefficient (Wildman–Crippen LogP) is 9.28. The van der Waals surface area contributed by atoms with E-state index in [9.17, 15) is 14.7 Å². The van der Waals surface area contributed by atoms with Gasteiger partial charge in [0.05, 0.1) is 14.5 Å². The standard InChI is InChI=1S/C25H35BrO4.C5H9BrO2.CH3B/c1-5-6-7-9-19-15-22(27)24(21-14-18(4)10-11-20(21)17(2)3)23(16-19)30-25(28)29-13-8-12-26;6-4-2-1-3-5(7)8;1-2/h14-16,20-21,27H,2,5-13H2,1,3-4H3;1-4H2,(H,7,8);1H3/t20-,21+;;/m0../s1/i;;1D. The summed E-state index contributed by atoms with van der Waals surface area (Å²) in [5.74, 6) is -0.0171. The number of ether oxygens (including phenoxy) is 2. The number of alkyl halides is 2. The van der Waals surface area contributed by atoms with E-state index in [2.05, 4.69) is 66.2 Å². The van der Waals surface area contributed by atoms with Crippen molar-refractivity contribution in [3.05, 3.63) is 47.1 Å². The van der Waals surface area contributed by atoms with Gasteiger partial charge in [0.2, 0.25) is 0 Å². The lowest BCUT2D eigenvalue weighted by Gasteiger charge is -2.32. The molecule has 224 valence electrons. The van der Waals surface area contributed by atoms with E-state index in [4.69, 9.17) is 16.0 Å². The molecule has 2 rings (SSSR count). The Balaban J connectivity index is 0.00000123. The molecular weight excluding hydrogens is 639 g/mol. The van der Waals surface area contributed by atoms with E-state index < -0.39 is 12.1 Å². The Labute approximate surface area is 261 Å². The fourth-order valence-electron chi connectivity index (χ4n) is 4.42. The van der Waals surface area contributed by atoms with Crippen molar-refractivity contribution in [3.63, 3.8) is 0 Å². The smallest absolute Gasteiger partial charge is 0.507 e. The van der Waals surface area contributed by atoms with Crippen LogP contribution < -0.4 is 4.74 Å². The summed E-state index contributed by atoms with van der Waals surface area (Å²) in [5, 5.41) is 20.8. The third-order valence-corrected chi connectivity index (χ3v) is 7.55. The van der Waals surface area contributed by atoms with Gasteiger partial charge in [0.25, 0.3) is 0 Å². The molecular formula is C31H47BBr2O6. The van der Waals surface area contributed by atoms with Crippen molar-refractivity contribution < 1.29 is 30.6 Å². The quantitative estimate of drug-likeness (QED) is 0.0506. The second-order valence-electron chi connectivity index (χ2n) is 9.80. The maximum Gasteiger partial charge on any atom is 0.513 e. The van der Waals surface area contributed by atoms with Crippen molar-refractivity contribution in [2.24, 2.45) is 5.92 Å². The Morgan fingerprint density at radius 2 is 1.85 bits per heavy atom. The van der Waals surface area contributed by atoms with Crippen LogP contribution in [0.15, 0.2) is 35.9 Å². The third kappa shape index (κ3) is 15.3. The summed E-state index contributed by atoms with van der Waals surface area (Å²) < 4.78 is 16.8. The lowest BCUT2D eigenvalue weighted by Crippen LogP contribution is -2.19. The molecule has 0 saturated carbocycles. The molecule has 2 radical (unpaired) electrons. The lowest BCUT2D eigenvalue weighted by atomic mass is 9.73. The Kier molecular flexibility index (Phi) is 20.8. The zero-order valence-electron chi connectivity index (χ0n) is 25.4. The van der Waals surface area contributed by atoms with Crippen molar-refractivity contribution >= 4 is 51.8 Å². The molecule has 0 amide bonds. The largest absolute Gasteiger partial charge is 0.513 e. The van der Waals surface area contributed by atoms with Crippen molar-refractivity contribution in [1.82, 2.24) is 0 Å². The molecule has 2 atom stereocenters. The minimum absolute atomic E-state index is 0. The number of carboxylic acid groups (broad SMARTS) is 1. The topological polar surface area (TPSA) is 93.1 Å². The summed E-state index contributed by atoms with van der Waals surface area (Å²) in [6.07, 6.45) is 10.3. The monoisotopic (exact) mass is 685 g/mol. The Hall–Kier alpha value is -1.74. The number of carbonyl (C=O) groups is 2. The number of benzene rings is 1. The number of phenols is 1. The summed E-state index contributed by atoms with van der Waals surface area (Å²) in [4.78, 5) is 22.2. The van der Waals surface area contributed by atoms with Crippen molar-refractivity contribution in [3.8, 4) is 11.5 Å². The summed E-state index contributed by atoms with van der Waals surface area (Å²) in [6, 6.07) is 3.71. The highest BCUT2D eigenvalue weighted by molar-refractivity contribution is 9.09. The van der Waals surface area contributed by atoms with Crippen molar-refractivity contribution in [2.75, 3.05) is 17.3 Å². The van der Waals surface area contributed by atoms with E-state index in [1.807, 2.05) is 19.1 Å². The van der Waals surface area contributed by atoms with Gasteiger partial charge >= 0.3 is 12.1 Å². The fourth-order valence-corrected chi connectivity index (χ4v) is 5.04. The number of phenolic OH excluding ortho intramolecular Hbond substituents is 1. The summed E-state index contributed by atoms with van der Waals surface area (Å²) in [6.45, 7) is 10.7. The van der Waals surface area contributed by atoms with Crippen molar-refractivity contribution in [2.45, 2.75) is 97.7 Å². The van der Waals surface area contributed by atoms with Crippen LogP contribution in [0.25, 0.3) is 0 Å². The average molecular weight is 687 g/mol. The second-order valence-corrected chi connectivity index (χ2v) is 11.4. The molecule has 1 aliphatic carbocycles. The first-order valence-electron chi connectivity index (χ1n) is 14.6. The van der Waals surface area contributed by atoms with Gasteiger partial charge in [-0.05, 0) is 82.4 Å². The average Bonchev–Trinajstić information content (AvgIpc) is 2.89. The zero-order valence-corrected chi connectivity index (χ0v) is 27.5. The first-order valence-corrected chi connectivity index (χ1v) is 16.2. The number of aliphatic carboxylic acids is 1. The van der Waals surface area contributed by atoms with E-state index in [-0.39, 0.29) is 24.4 Å². The maximum atomic E-state index is 12.3. The first-order chi connectivity index (χ1) is 19.6. The van der Waals surface area contributed by atoms with Crippen LogP contribution in [0.5, 0.6) is 11.5 Å². The van der Waals surface area contributed by atoms with Crippen LogP contribution >= 0.6 is 31.9 Å². The number of unbranched alkanes of at least 4 members (excludes halogenated alkanes) is 3. The molecule has 1 aliphatic rings. The van der Waals surface area contributed by atoms with Gasteiger partial charge in [-0.1, -0.05) is 82.2 Å². The number of aryl methyl sites for hydroxylation is 1. The Morgan fingerprint density at radius 3 is 2.42 bits per heavy atom. The molecule has 0 spiro atoms. The number of halogens is 2. The Morgan fingerprint density at radius 1 is 1.18 bits per heavy atom. The second kappa shape index (κ2) is 22.9. The van der Waals surface area contributed by atoms with Crippen LogP contribution in [0, 0.1) is 5.92 Å². The molecule has 0 bridgehead atoms. The molecule has 2 N–H and O–H groups in total. The number of carboxylic acids is 1. The summed E-state index contributed by atoms with van der Waals surface area (Å²) in [5.41, 5.74) is 3.96. The predicted molar refractivity (Wildman–Crippen MR) is 173 cm³/mol. The number of hydrogen-bond acceptors (Lipinski definition) is 5. The normalized spacial score (nSPS) is 16.2. The summed E-state index contributed by atoms with van der Waals surface area (Å²) in [7, 11) is 4.51. The fraction of sp³-hybridized carbons (Fsp3) is 0.613. The van der Waals surface area contributed by atoms with Crippen molar-refractivity contribution in [1.29, 1.82) is 0 Å². The Bertz CT molecular complexity index is 957. The van der Waals surface area contributed by atoms with Gasteiger partial charge < -0.3 is 19.7 Å². The molecule has 0 aromatic heterocycles. The van der Waals surface area contributed by atoms with E-state index in [0.29, 0.717) is 30.8 Å². The highest BCUT2D eigenvalue weighted by Gasteiger charge is 2.31. The van der Waals surface area contributed by atoms with Crippen LogP contribution in [-0.2, 0) is 16.0 Å². The number of aromatic hydroxyl groups is 1. The molecule has 1 aromatic rings. The van der Waals surface area contributed by atoms with Gasteiger partial charge in [0.15, 0.2) is 0 Å². The van der Waals surface area contributed by atoms with Gasteiger partial charge in [-0.2, -0.15) is 0 Å². The van der Waals surface area contributed by atoms with Crippen LogP contribution in [-0.4, -0.2) is 47.5 Å². The van der Waals surface area contributed by atoms with Gasteiger partial charge in [-0.3, -0.25) is 4.79 Å². The molecule has 40 heavy (non-hydrogen) atoms. The number of carbonyl (C=O) groups excluding carboxylic acids is 1. The third-order valence-electron chi connectivity index (χ3n) is 6.43. The van der Waals surface area contributed by atoms with Gasteiger partial charge in [-0.25, -0.2) is 4.79 Å². The van der Waals surface area contributed by atoms with Crippen LogP contribution in [0.4, 0.5) is 4.79 Å². The lowest BCUT2D eigenvalue weighted by molar-refractivity contribution is -0.137. The van der Waals surface area contributed by atoms with E-state index in [0.717, 1.165) is 73.2 Å². The zero-order chi connectivity index (χ0) is 31.2. The van der Waals surface area contributed by atoms with Gasteiger partial charge in [-0.15, -0.1) is 0 Å². The van der Waals surface area contributed by atoms with E-state index >= 15 is 0 Å². The molecule has 0 unspecified atom stereocenters. The molecule has 9 heteroatoms. The minimum atomic E-state index is -0.731. The number of hydrogen-bond donors (Lipinski definition) is 2. The molecule has 0 saturated heterocycles. The van der Waals surface area contributed by atoms with Crippen LogP contribution in [0.3, 0.4) is 0 Å². The minimum Gasteiger partial charge on any atom is -0.507 e. The van der Waals surface area contributed by atoms with Crippen LogP contribution in [0.1, 0.15) is 97.0 Å². The molecule has 6 nitrogen and oxygen atoms in total. The van der Waals surface area contributed by atoms with E-state index in [1.165, 1.54) is 5.57 Å². The van der Waals surface area contributed by atoms with Gasteiger partial charge in [0.1, 0.15) is 11.5 Å². The molecule has 0 aliphatic heterocycles. The highest BCUT2D eigenvalue weighted by Crippen LogP contribution is 2.47. The maximum absolute atomic E-state index is 12.3. The van der Waals surface area contributed by atoms with Gasteiger partial charge in [0, 0.05) is 29.9 Å². The number of rotatable bonds is 14.